The highest BCUT2D eigenvalue weighted by Crippen LogP contribution is 2.39. The number of hydrogen-bond donors (Lipinski definition) is 2. The van der Waals surface area contributed by atoms with Crippen LogP contribution in [0.15, 0.2) is 6.33 Å². The van der Waals surface area contributed by atoms with Crippen molar-refractivity contribution in [2.24, 2.45) is 5.92 Å². The van der Waals surface area contributed by atoms with E-state index in [9.17, 15) is 4.79 Å². The monoisotopic (exact) mass is 415 g/mol. The molecule has 0 radical (unpaired) electrons. The SMILES string of the molecule is CCOC(=O)C1CCC(c2[nH]c(I)c3c(N)[nH+]cnc23)CC1. The van der Waals surface area contributed by atoms with Crippen molar-refractivity contribution in [1.29, 1.82) is 0 Å². The average molecular weight is 415 g/mol. The number of carbonyl (C=O) groups is 1. The molecular weight excluding hydrogens is 395 g/mol. The maximum atomic E-state index is 11.8. The zero-order valence-corrected chi connectivity index (χ0v) is 14.6. The van der Waals surface area contributed by atoms with Crippen molar-refractivity contribution < 1.29 is 14.5 Å². The molecule has 0 bridgehead atoms. The predicted octanol–water partition coefficient (Wildman–Crippen LogP) is 2.40. The van der Waals surface area contributed by atoms with Crippen LogP contribution in [0.25, 0.3) is 10.9 Å². The maximum Gasteiger partial charge on any atom is 0.308 e. The van der Waals surface area contributed by atoms with Crippen LogP contribution in [0.2, 0.25) is 0 Å². The number of rotatable bonds is 3. The zero-order valence-electron chi connectivity index (χ0n) is 12.5. The van der Waals surface area contributed by atoms with Crippen LogP contribution >= 0.6 is 22.6 Å². The Hall–Kier alpha value is -1.38. The fraction of sp³-hybridized carbons (Fsp3) is 0.533. The summed E-state index contributed by atoms with van der Waals surface area (Å²) in [6.45, 7) is 2.31. The van der Waals surface area contributed by atoms with Gasteiger partial charge in [-0.3, -0.25) is 4.79 Å². The molecule has 2 heterocycles. The van der Waals surface area contributed by atoms with Gasteiger partial charge in [0.2, 0.25) is 12.1 Å². The second-order valence-electron chi connectivity index (χ2n) is 5.69. The quantitative estimate of drug-likeness (QED) is 0.595. The molecule has 3 rings (SSSR count). The number of ether oxygens (including phenoxy) is 1. The van der Waals surface area contributed by atoms with E-state index >= 15 is 0 Å². The van der Waals surface area contributed by atoms with E-state index in [4.69, 9.17) is 10.5 Å². The normalized spacial score (nSPS) is 21.9. The van der Waals surface area contributed by atoms with Crippen LogP contribution in [0.5, 0.6) is 0 Å². The number of aromatic amines is 2. The van der Waals surface area contributed by atoms with Gasteiger partial charge in [0, 0.05) is 5.92 Å². The van der Waals surface area contributed by atoms with Crippen molar-refractivity contribution in [2.45, 2.75) is 38.5 Å². The third-order valence-corrected chi connectivity index (χ3v) is 5.20. The van der Waals surface area contributed by atoms with Crippen molar-refractivity contribution in [3.05, 3.63) is 15.7 Å². The fourth-order valence-electron chi connectivity index (χ4n) is 3.27. The first-order valence-corrected chi connectivity index (χ1v) is 8.69. The molecule has 2 aromatic heterocycles. The smallest absolute Gasteiger partial charge is 0.308 e. The molecule has 6 nitrogen and oxygen atoms in total. The molecule has 2 aromatic rings. The fourth-order valence-corrected chi connectivity index (χ4v) is 4.11. The predicted molar refractivity (Wildman–Crippen MR) is 91.1 cm³/mol. The Kier molecular flexibility index (Phi) is 4.51. The molecule has 7 heteroatoms. The number of nitrogens with one attached hydrogen (secondary N) is 2. The average Bonchev–Trinajstić information content (AvgIpc) is 2.86. The second-order valence-corrected chi connectivity index (χ2v) is 6.77. The van der Waals surface area contributed by atoms with Crippen molar-refractivity contribution in [2.75, 3.05) is 12.3 Å². The lowest BCUT2D eigenvalue weighted by molar-refractivity contribution is -0.363. The highest BCUT2D eigenvalue weighted by molar-refractivity contribution is 14.1. The summed E-state index contributed by atoms with van der Waals surface area (Å²) in [4.78, 5) is 22.7. The molecule has 22 heavy (non-hydrogen) atoms. The molecule has 118 valence electrons. The molecular formula is C15H20IN4O2+. The summed E-state index contributed by atoms with van der Waals surface area (Å²) in [6.07, 6.45) is 5.31. The summed E-state index contributed by atoms with van der Waals surface area (Å²) in [5, 5.41) is 0.964. The lowest BCUT2D eigenvalue weighted by Crippen LogP contribution is -2.23. The number of anilines is 1. The summed E-state index contributed by atoms with van der Waals surface area (Å²) >= 11 is 2.26. The van der Waals surface area contributed by atoms with Crippen LogP contribution in [0.3, 0.4) is 0 Å². The number of hydrogen-bond acceptors (Lipinski definition) is 4. The van der Waals surface area contributed by atoms with Crippen molar-refractivity contribution >= 4 is 45.3 Å². The molecule has 0 aliphatic heterocycles. The van der Waals surface area contributed by atoms with Crippen LogP contribution in [0.1, 0.15) is 44.2 Å². The van der Waals surface area contributed by atoms with E-state index in [1.165, 1.54) is 0 Å². The topological polar surface area (TPSA) is 95.1 Å². The summed E-state index contributed by atoms with van der Waals surface area (Å²) in [5.41, 5.74) is 8.10. The Bertz CT molecular complexity index is 692. The number of halogens is 1. The summed E-state index contributed by atoms with van der Waals surface area (Å²) in [6, 6.07) is 0. The van der Waals surface area contributed by atoms with E-state index in [1.54, 1.807) is 6.33 Å². The molecule has 1 saturated carbocycles. The second kappa shape index (κ2) is 6.39. The molecule has 0 amide bonds. The van der Waals surface area contributed by atoms with Gasteiger partial charge in [-0.25, -0.2) is 4.98 Å². The Morgan fingerprint density at radius 2 is 2.23 bits per heavy atom. The van der Waals surface area contributed by atoms with Crippen molar-refractivity contribution in [3.8, 4) is 0 Å². The maximum absolute atomic E-state index is 11.8. The largest absolute Gasteiger partial charge is 0.466 e. The summed E-state index contributed by atoms with van der Waals surface area (Å²) in [7, 11) is 0. The Labute approximate surface area is 142 Å². The van der Waals surface area contributed by atoms with Gasteiger partial charge < -0.3 is 15.5 Å². The third-order valence-electron chi connectivity index (χ3n) is 4.39. The Balaban J connectivity index is 1.80. The van der Waals surface area contributed by atoms with E-state index in [0.717, 1.165) is 46.0 Å². The van der Waals surface area contributed by atoms with Gasteiger partial charge in [0.1, 0.15) is 5.39 Å². The number of esters is 1. The van der Waals surface area contributed by atoms with Gasteiger partial charge in [-0.1, -0.05) is 0 Å². The molecule has 0 atom stereocenters. The van der Waals surface area contributed by atoms with E-state index in [-0.39, 0.29) is 11.9 Å². The molecule has 0 aromatic carbocycles. The van der Waals surface area contributed by atoms with Gasteiger partial charge in [0.05, 0.1) is 21.9 Å². The number of carbonyl (C=O) groups excluding carboxylic acids is 1. The van der Waals surface area contributed by atoms with Gasteiger partial charge in [0.15, 0.2) is 5.52 Å². The van der Waals surface area contributed by atoms with Gasteiger partial charge in [-0.15, -0.1) is 4.98 Å². The van der Waals surface area contributed by atoms with Crippen LogP contribution < -0.4 is 10.7 Å². The van der Waals surface area contributed by atoms with Gasteiger partial charge >= 0.3 is 5.97 Å². The molecule has 0 spiro atoms. The minimum atomic E-state index is -0.0520. The summed E-state index contributed by atoms with van der Waals surface area (Å²) in [5.74, 6) is 1.02. The van der Waals surface area contributed by atoms with Gasteiger partial charge in [0.25, 0.3) is 0 Å². The number of fused-ring (bicyclic) bond motifs is 1. The molecule has 1 fully saturated rings. The number of aromatic nitrogens is 3. The van der Waals surface area contributed by atoms with Crippen LogP contribution in [0, 0.1) is 9.62 Å². The number of nitrogens with two attached hydrogens (primary N) is 1. The summed E-state index contributed by atoms with van der Waals surface area (Å²) < 4.78 is 6.14. The van der Waals surface area contributed by atoms with E-state index in [1.807, 2.05) is 6.92 Å². The number of nitrogens with zero attached hydrogens (tertiary/aromatic N) is 1. The first kappa shape index (κ1) is 15.5. The van der Waals surface area contributed by atoms with E-state index < -0.39 is 0 Å². The Morgan fingerprint density at radius 3 is 2.91 bits per heavy atom. The van der Waals surface area contributed by atoms with Gasteiger partial charge in [-0.05, 0) is 55.2 Å². The number of nitrogen functional groups attached to an aromatic ring is 1. The third kappa shape index (κ3) is 2.78. The lowest BCUT2D eigenvalue weighted by Gasteiger charge is -2.26. The Morgan fingerprint density at radius 1 is 1.50 bits per heavy atom. The first-order chi connectivity index (χ1) is 10.6. The first-order valence-electron chi connectivity index (χ1n) is 7.61. The minimum Gasteiger partial charge on any atom is -0.466 e. The number of H-pyrrole nitrogens is 2. The standard InChI is InChI=1S/C15H19IN4O2/c1-2-22-15(21)9-5-3-8(4-6-9)11-12-10(13(16)20-11)14(17)19-7-18-12/h7-9,20H,2-6H2,1H3,(H2,17,18,19)/p+1. The highest BCUT2D eigenvalue weighted by atomic mass is 127. The molecule has 1 aliphatic rings. The molecule has 0 unspecified atom stereocenters. The molecule has 1 aliphatic carbocycles. The highest BCUT2D eigenvalue weighted by Gasteiger charge is 2.31. The lowest BCUT2D eigenvalue weighted by atomic mass is 9.80. The van der Waals surface area contributed by atoms with E-state index in [2.05, 4.69) is 37.5 Å². The van der Waals surface area contributed by atoms with Crippen molar-refractivity contribution in [1.82, 2.24) is 9.97 Å². The minimum absolute atomic E-state index is 0.0443. The zero-order chi connectivity index (χ0) is 15.7. The van der Waals surface area contributed by atoms with E-state index in [0.29, 0.717) is 18.3 Å². The van der Waals surface area contributed by atoms with Crippen LogP contribution in [-0.2, 0) is 9.53 Å². The molecule has 4 N–H and O–H groups in total. The van der Waals surface area contributed by atoms with Crippen molar-refractivity contribution in [3.63, 3.8) is 0 Å². The molecule has 0 saturated heterocycles. The van der Waals surface area contributed by atoms with Crippen LogP contribution in [0.4, 0.5) is 5.82 Å². The van der Waals surface area contributed by atoms with Crippen LogP contribution in [-0.4, -0.2) is 22.5 Å². The van der Waals surface area contributed by atoms with Gasteiger partial charge in [-0.2, -0.15) is 0 Å².